The first-order valence-electron chi connectivity index (χ1n) is 8.51. The maximum absolute atomic E-state index is 12.2. The van der Waals surface area contributed by atoms with E-state index in [2.05, 4.69) is 34.5 Å². The van der Waals surface area contributed by atoms with E-state index >= 15 is 0 Å². The van der Waals surface area contributed by atoms with Crippen LogP contribution in [0, 0.1) is 5.92 Å². The van der Waals surface area contributed by atoms with Crippen molar-refractivity contribution in [2.45, 2.75) is 32.2 Å². The quantitative estimate of drug-likeness (QED) is 0.839. The highest BCUT2D eigenvalue weighted by Gasteiger charge is 2.21. The summed E-state index contributed by atoms with van der Waals surface area (Å²) in [7, 11) is 1.90. The fourth-order valence-corrected chi connectivity index (χ4v) is 3.09. The van der Waals surface area contributed by atoms with Crippen molar-refractivity contribution in [3.63, 3.8) is 0 Å². The summed E-state index contributed by atoms with van der Waals surface area (Å²) >= 11 is 0. The lowest BCUT2D eigenvalue weighted by Crippen LogP contribution is -2.36. The second-order valence-electron chi connectivity index (χ2n) is 6.65. The summed E-state index contributed by atoms with van der Waals surface area (Å²) in [5, 5.41) is 3.28. The van der Waals surface area contributed by atoms with Crippen molar-refractivity contribution in [2.75, 3.05) is 38.1 Å². The van der Waals surface area contributed by atoms with Gasteiger partial charge in [-0.3, -0.25) is 4.79 Å². The Balaban J connectivity index is 1.55. The summed E-state index contributed by atoms with van der Waals surface area (Å²) in [6, 6.07) is 8.49. The zero-order chi connectivity index (χ0) is 15.4. The van der Waals surface area contributed by atoms with Gasteiger partial charge in [0.25, 0.3) is 0 Å². The van der Waals surface area contributed by atoms with Gasteiger partial charge in [0.05, 0.1) is 6.54 Å². The van der Waals surface area contributed by atoms with Crippen LogP contribution in [0.5, 0.6) is 0 Å². The lowest BCUT2D eigenvalue weighted by atomic mass is 10.1. The molecule has 0 bridgehead atoms. The molecule has 22 heavy (non-hydrogen) atoms. The van der Waals surface area contributed by atoms with Crippen LogP contribution in [0.2, 0.25) is 0 Å². The van der Waals surface area contributed by atoms with Crippen molar-refractivity contribution in [2.24, 2.45) is 5.92 Å². The average molecular weight is 301 g/mol. The van der Waals surface area contributed by atoms with Gasteiger partial charge in [-0.1, -0.05) is 18.2 Å². The van der Waals surface area contributed by atoms with E-state index < -0.39 is 0 Å². The van der Waals surface area contributed by atoms with Crippen molar-refractivity contribution in [1.82, 2.24) is 10.2 Å². The monoisotopic (exact) mass is 301 g/mol. The molecule has 1 saturated carbocycles. The molecule has 1 aromatic rings. The zero-order valence-corrected chi connectivity index (χ0v) is 13.6. The minimum atomic E-state index is 0.178. The van der Waals surface area contributed by atoms with E-state index in [0.717, 1.165) is 25.6 Å². The lowest BCUT2D eigenvalue weighted by Gasteiger charge is -2.24. The number of benzene rings is 1. The first kappa shape index (κ1) is 15.3. The van der Waals surface area contributed by atoms with Crippen molar-refractivity contribution in [3.8, 4) is 0 Å². The Kier molecular flexibility index (Phi) is 4.98. The predicted molar refractivity (Wildman–Crippen MR) is 90.0 cm³/mol. The molecule has 0 spiro atoms. The standard InChI is InChI=1S/C18H27N3O/c1-20(18(22)13-19-12-15-8-9-15)14-16-6-2-3-7-17(16)21-10-4-5-11-21/h2-3,6-7,15,19H,4-5,8-14H2,1H3. The highest BCUT2D eigenvalue weighted by Crippen LogP contribution is 2.27. The van der Waals surface area contributed by atoms with Crippen LogP contribution in [0.15, 0.2) is 24.3 Å². The first-order valence-corrected chi connectivity index (χ1v) is 8.51. The van der Waals surface area contributed by atoms with Crippen molar-refractivity contribution >= 4 is 11.6 Å². The van der Waals surface area contributed by atoms with Crippen LogP contribution in [0.25, 0.3) is 0 Å². The molecule has 2 aliphatic rings. The van der Waals surface area contributed by atoms with Gasteiger partial charge in [-0.25, -0.2) is 0 Å². The fourth-order valence-electron chi connectivity index (χ4n) is 3.09. The van der Waals surface area contributed by atoms with Crippen LogP contribution in [0.4, 0.5) is 5.69 Å². The molecule has 4 heteroatoms. The number of likely N-dealkylation sites (N-methyl/N-ethyl adjacent to an activating group) is 1. The maximum Gasteiger partial charge on any atom is 0.236 e. The number of hydrogen-bond acceptors (Lipinski definition) is 3. The number of para-hydroxylation sites is 1. The van der Waals surface area contributed by atoms with E-state index in [-0.39, 0.29) is 5.91 Å². The largest absolute Gasteiger partial charge is 0.371 e. The number of amides is 1. The van der Waals surface area contributed by atoms with Gasteiger partial charge in [0.15, 0.2) is 0 Å². The van der Waals surface area contributed by atoms with E-state index in [9.17, 15) is 4.79 Å². The Morgan fingerprint density at radius 3 is 2.73 bits per heavy atom. The number of rotatable bonds is 7. The SMILES string of the molecule is CN(Cc1ccccc1N1CCCC1)C(=O)CNCC1CC1. The normalized spacial score (nSPS) is 17.8. The third kappa shape index (κ3) is 4.01. The fraction of sp³-hybridized carbons (Fsp3) is 0.611. The van der Waals surface area contributed by atoms with Crippen LogP contribution in [-0.2, 0) is 11.3 Å². The molecule has 4 nitrogen and oxygen atoms in total. The molecule has 120 valence electrons. The van der Waals surface area contributed by atoms with Gasteiger partial charge in [-0.15, -0.1) is 0 Å². The van der Waals surface area contributed by atoms with Gasteiger partial charge in [-0.2, -0.15) is 0 Å². The Bertz CT molecular complexity index is 507. The summed E-state index contributed by atoms with van der Waals surface area (Å²) in [4.78, 5) is 16.5. The second kappa shape index (κ2) is 7.14. The second-order valence-corrected chi connectivity index (χ2v) is 6.65. The number of anilines is 1. The summed E-state index contributed by atoms with van der Waals surface area (Å²) in [6.45, 7) is 4.41. The predicted octanol–water partition coefficient (Wildman–Crippen LogP) is 2.24. The van der Waals surface area contributed by atoms with Crippen LogP contribution in [-0.4, -0.2) is 44.0 Å². The van der Waals surface area contributed by atoms with Gasteiger partial charge in [-0.05, 0) is 49.8 Å². The van der Waals surface area contributed by atoms with E-state index in [1.807, 2.05) is 11.9 Å². The maximum atomic E-state index is 12.2. The minimum Gasteiger partial charge on any atom is -0.371 e. The summed E-state index contributed by atoms with van der Waals surface area (Å²) in [5.74, 6) is 0.992. The third-order valence-corrected chi connectivity index (χ3v) is 4.68. The van der Waals surface area contributed by atoms with E-state index in [4.69, 9.17) is 0 Å². The van der Waals surface area contributed by atoms with Gasteiger partial charge in [0, 0.05) is 32.4 Å². The Morgan fingerprint density at radius 2 is 2.00 bits per heavy atom. The number of hydrogen-bond donors (Lipinski definition) is 1. The minimum absolute atomic E-state index is 0.178. The number of carbonyl (C=O) groups excluding carboxylic acids is 1. The molecule has 3 rings (SSSR count). The smallest absolute Gasteiger partial charge is 0.236 e. The molecular formula is C18H27N3O. The van der Waals surface area contributed by atoms with Gasteiger partial charge in [0.1, 0.15) is 0 Å². The molecular weight excluding hydrogens is 274 g/mol. The molecule has 1 heterocycles. The molecule has 0 atom stereocenters. The summed E-state index contributed by atoms with van der Waals surface area (Å²) in [5.41, 5.74) is 2.55. The Morgan fingerprint density at radius 1 is 1.27 bits per heavy atom. The van der Waals surface area contributed by atoms with E-state index in [0.29, 0.717) is 13.1 Å². The molecule has 1 amide bonds. The molecule has 1 aliphatic heterocycles. The van der Waals surface area contributed by atoms with Gasteiger partial charge in [0.2, 0.25) is 5.91 Å². The van der Waals surface area contributed by atoms with Gasteiger partial charge < -0.3 is 15.1 Å². The summed E-state index contributed by atoms with van der Waals surface area (Å²) < 4.78 is 0. The number of carbonyl (C=O) groups is 1. The van der Waals surface area contributed by atoms with Crippen molar-refractivity contribution in [3.05, 3.63) is 29.8 Å². The van der Waals surface area contributed by atoms with Crippen LogP contribution in [0.3, 0.4) is 0 Å². The average Bonchev–Trinajstić information content (AvgIpc) is 3.19. The van der Waals surface area contributed by atoms with Gasteiger partial charge >= 0.3 is 0 Å². The topological polar surface area (TPSA) is 35.6 Å². The zero-order valence-electron chi connectivity index (χ0n) is 13.6. The van der Waals surface area contributed by atoms with E-state index in [1.165, 1.54) is 36.9 Å². The Hall–Kier alpha value is -1.55. The molecule has 1 aromatic carbocycles. The van der Waals surface area contributed by atoms with Crippen LogP contribution < -0.4 is 10.2 Å². The van der Waals surface area contributed by atoms with Crippen LogP contribution >= 0.6 is 0 Å². The molecule has 1 saturated heterocycles. The molecule has 0 unspecified atom stereocenters. The van der Waals surface area contributed by atoms with Crippen molar-refractivity contribution < 1.29 is 4.79 Å². The molecule has 1 aliphatic carbocycles. The molecule has 0 radical (unpaired) electrons. The third-order valence-electron chi connectivity index (χ3n) is 4.68. The highest BCUT2D eigenvalue weighted by molar-refractivity contribution is 5.78. The number of nitrogens with zero attached hydrogens (tertiary/aromatic N) is 2. The van der Waals surface area contributed by atoms with Crippen molar-refractivity contribution in [1.29, 1.82) is 0 Å². The Labute approximate surface area is 133 Å². The summed E-state index contributed by atoms with van der Waals surface area (Å²) in [6.07, 6.45) is 5.18. The lowest BCUT2D eigenvalue weighted by molar-refractivity contribution is -0.129. The molecule has 2 fully saturated rings. The van der Waals surface area contributed by atoms with Crippen LogP contribution in [0.1, 0.15) is 31.2 Å². The van der Waals surface area contributed by atoms with E-state index in [1.54, 1.807) is 0 Å². The molecule has 1 N–H and O–H groups in total. The first-order chi connectivity index (χ1) is 10.7. The molecule has 0 aromatic heterocycles. The number of nitrogens with one attached hydrogen (secondary N) is 1. The highest BCUT2D eigenvalue weighted by atomic mass is 16.2.